The van der Waals surface area contributed by atoms with Gasteiger partial charge in [0.1, 0.15) is 16.8 Å². The number of carbonyl (C=O) groups is 1. The molecule has 1 rings (SSSR count). The third kappa shape index (κ3) is 6.75. The Kier molecular flexibility index (Phi) is 6.54. The van der Waals surface area contributed by atoms with Crippen LogP contribution in [0.1, 0.15) is 32.3 Å². The molecule has 0 aliphatic rings. The predicted octanol–water partition coefficient (Wildman–Crippen LogP) is 3.46. The second-order valence-electron chi connectivity index (χ2n) is 4.74. The number of benzene rings is 1. The van der Waals surface area contributed by atoms with E-state index in [0.717, 1.165) is 11.3 Å². The van der Waals surface area contributed by atoms with Crippen LogP contribution < -0.4 is 9.92 Å². The summed E-state index contributed by atoms with van der Waals surface area (Å²) in [5.41, 5.74) is 6.58. The van der Waals surface area contributed by atoms with Gasteiger partial charge in [-0.25, -0.2) is 0 Å². The molecule has 1 aromatic carbocycles. The summed E-state index contributed by atoms with van der Waals surface area (Å²) in [5.74, 6) is -0.00951. The van der Waals surface area contributed by atoms with Crippen molar-refractivity contribution in [3.05, 3.63) is 29.8 Å². The molecule has 0 saturated carbocycles. The maximum absolute atomic E-state index is 10.6. The first-order valence-electron chi connectivity index (χ1n) is 5.96. The number of hydrogen-bond donors (Lipinski definition) is 2. The van der Waals surface area contributed by atoms with Gasteiger partial charge in [-0.15, -0.1) is 0 Å². The van der Waals surface area contributed by atoms with Gasteiger partial charge in [0.15, 0.2) is 0 Å². The van der Waals surface area contributed by atoms with Crippen molar-refractivity contribution in [3.63, 3.8) is 0 Å². The fourth-order valence-electron chi connectivity index (χ4n) is 1.32. The molecule has 0 spiro atoms. The van der Waals surface area contributed by atoms with Crippen LogP contribution in [0.15, 0.2) is 24.3 Å². The number of carboxylic acid groups (broad SMARTS) is 1. The summed E-state index contributed by atoms with van der Waals surface area (Å²) in [7, 11) is 1.53. The minimum Gasteiger partial charge on any atom is -0.481 e. The van der Waals surface area contributed by atoms with Crippen LogP contribution >= 0.6 is 21.9 Å². The van der Waals surface area contributed by atoms with Gasteiger partial charge >= 0.3 is 5.97 Å². The first-order valence-corrected chi connectivity index (χ1v) is 8.03. The number of nitrogens with two attached hydrogens (primary N) is 1. The van der Waals surface area contributed by atoms with E-state index in [0.29, 0.717) is 13.0 Å². The molecular weight excluding hydrogens is 282 g/mol. The van der Waals surface area contributed by atoms with Crippen LogP contribution in [0.5, 0.6) is 5.75 Å². The molecule has 3 N–H and O–H groups in total. The highest BCUT2D eigenvalue weighted by Crippen LogP contribution is 2.39. The van der Waals surface area contributed by atoms with Crippen molar-refractivity contribution in [1.29, 1.82) is 0 Å². The van der Waals surface area contributed by atoms with Gasteiger partial charge in [0.25, 0.3) is 0 Å². The lowest BCUT2D eigenvalue weighted by Crippen LogP contribution is -2.15. The molecule has 0 fully saturated rings. The highest BCUT2D eigenvalue weighted by Gasteiger charge is 2.21. The van der Waals surface area contributed by atoms with E-state index >= 15 is 0 Å². The van der Waals surface area contributed by atoms with Gasteiger partial charge in [0.05, 0.1) is 0 Å². The molecule has 6 heteroatoms. The maximum atomic E-state index is 10.6. The van der Waals surface area contributed by atoms with E-state index in [1.54, 1.807) is 0 Å². The highest BCUT2D eigenvalue weighted by atomic mass is 33.1. The Hall–Kier alpha value is -0.850. The van der Waals surface area contributed by atoms with Gasteiger partial charge in [0, 0.05) is 17.7 Å². The molecule has 0 bridgehead atoms. The van der Waals surface area contributed by atoms with E-state index in [-0.39, 0.29) is 11.2 Å². The summed E-state index contributed by atoms with van der Waals surface area (Å²) in [6.45, 7) is 4.50. The Morgan fingerprint density at radius 2 is 2.21 bits per heavy atom. The van der Waals surface area contributed by atoms with Gasteiger partial charge < -0.3 is 15.0 Å². The molecule has 106 valence electrons. The molecule has 0 aromatic heterocycles. The summed E-state index contributed by atoms with van der Waals surface area (Å²) in [6.07, 6.45) is 0.773. The first kappa shape index (κ1) is 16.2. The van der Waals surface area contributed by atoms with Crippen molar-refractivity contribution < 1.29 is 14.1 Å². The van der Waals surface area contributed by atoms with Gasteiger partial charge in [-0.3, -0.25) is 4.79 Å². The van der Waals surface area contributed by atoms with Crippen molar-refractivity contribution in [2.24, 2.45) is 5.73 Å². The summed E-state index contributed by atoms with van der Waals surface area (Å²) in [4.78, 5) is 10.6. The highest BCUT2D eigenvalue weighted by molar-refractivity contribution is 8.75. The Morgan fingerprint density at radius 3 is 2.84 bits per heavy atom. The van der Waals surface area contributed by atoms with Crippen LogP contribution in [0.2, 0.25) is 0 Å². The van der Waals surface area contributed by atoms with Crippen molar-refractivity contribution in [1.82, 2.24) is 0 Å². The molecule has 0 atom stereocenters. The molecule has 1 aromatic rings. The zero-order valence-corrected chi connectivity index (χ0v) is 12.7. The van der Waals surface area contributed by atoms with Gasteiger partial charge in [-0.05, 0) is 48.8 Å². The molecular formula is C13H19NO3S2. The van der Waals surface area contributed by atoms with E-state index in [4.69, 9.17) is 15.0 Å². The van der Waals surface area contributed by atoms with Crippen molar-refractivity contribution >= 4 is 27.8 Å². The number of carboxylic acids is 1. The van der Waals surface area contributed by atoms with Crippen LogP contribution in [0.4, 0.5) is 0 Å². The second kappa shape index (κ2) is 7.67. The smallest absolute Gasteiger partial charge is 0.303 e. The molecule has 19 heavy (non-hydrogen) atoms. The largest absolute Gasteiger partial charge is 0.481 e. The topological polar surface area (TPSA) is 72.5 Å². The standard InChI is InChI=1S/C13H19NO3S2/c1-13(2,7-6-12(15)16)18-19-17-11-5-3-4-10(8-11)9-14/h3-5,8H,6-7,9,14H2,1-2H3,(H,15,16). The third-order valence-corrected chi connectivity index (χ3v) is 5.21. The Labute approximate surface area is 121 Å². The van der Waals surface area contributed by atoms with E-state index < -0.39 is 5.97 Å². The third-order valence-electron chi connectivity index (χ3n) is 2.46. The molecule has 0 saturated heterocycles. The van der Waals surface area contributed by atoms with Crippen LogP contribution in [-0.4, -0.2) is 15.8 Å². The summed E-state index contributed by atoms with van der Waals surface area (Å²) >= 11 is 1.27. The minimum atomic E-state index is -0.768. The van der Waals surface area contributed by atoms with Crippen LogP contribution in [0, 0.1) is 0 Å². The normalized spacial score (nSPS) is 11.3. The lowest BCUT2D eigenvalue weighted by atomic mass is 10.1. The molecule has 0 aliphatic carbocycles. The molecule has 0 unspecified atom stereocenters. The van der Waals surface area contributed by atoms with Crippen molar-refractivity contribution in [2.45, 2.75) is 38.0 Å². The molecule has 4 nitrogen and oxygen atoms in total. The number of rotatable bonds is 8. The SMILES string of the molecule is CC(C)(CCC(=O)O)SSOc1cccc(CN)c1. The van der Waals surface area contributed by atoms with E-state index in [2.05, 4.69) is 0 Å². The number of hydrogen-bond acceptors (Lipinski definition) is 5. The fraction of sp³-hybridized carbons (Fsp3) is 0.462. The average Bonchev–Trinajstić information content (AvgIpc) is 2.37. The summed E-state index contributed by atoms with van der Waals surface area (Å²) < 4.78 is 5.42. The van der Waals surface area contributed by atoms with Crippen LogP contribution in [0.25, 0.3) is 0 Å². The second-order valence-corrected chi connectivity index (χ2v) is 7.22. The monoisotopic (exact) mass is 301 g/mol. The van der Waals surface area contributed by atoms with Gasteiger partial charge in [-0.2, -0.15) is 0 Å². The summed E-state index contributed by atoms with van der Waals surface area (Å²) in [5, 5.41) is 8.68. The quantitative estimate of drug-likeness (QED) is 0.566. The molecule has 0 radical (unpaired) electrons. The zero-order chi connectivity index (χ0) is 14.3. The lowest BCUT2D eigenvalue weighted by molar-refractivity contribution is -0.137. The Bertz CT molecular complexity index is 424. The summed E-state index contributed by atoms with van der Waals surface area (Å²) in [6, 6.07) is 7.62. The van der Waals surface area contributed by atoms with E-state index in [1.807, 2.05) is 38.1 Å². The lowest BCUT2D eigenvalue weighted by Gasteiger charge is -2.21. The molecule has 0 amide bonds. The Balaban J connectivity index is 2.38. The van der Waals surface area contributed by atoms with Crippen molar-refractivity contribution in [2.75, 3.05) is 0 Å². The number of aliphatic carboxylic acids is 1. The minimum absolute atomic E-state index is 0.144. The van der Waals surface area contributed by atoms with E-state index in [9.17, 15) is 4.79 Å². The van der Waals surface area contributed by atoms with Crippen LogP contribution in [-0.2, 0) is 11.3 Å². The van der Waals surface area contributed by atoms with Crippen LogP contribution in [0.3, 0.4) is 0 Å². The zero-order valence-electron chi connectivity index (χ0n) is 11.1. The first-order chi connectivity index (χ1) is 8.93. The molecule has 0 aliphatic heterocycles. The molecule has 0 heterocycles. The Morgan fingerprint density at radius 1 is 1.47 bits per heavy atom. The van der Waals surface area contributed by atoms with E-state index in [1.165, 1.54) is 21.9 Å². The van der Waals surface area contributed by atoms with Crippen molar-refractivity contribution in [3.8, 4) is 5.75 Å². The predicted molar refractivity (Wildman–Crippen MR) is 81.1 cm³/mol. The van der Waals surface area contributed by atoms with Gasteiger partial charge in [0.2, 0.25) is 0 Å². The fourth-order valence-corrected chi connectivity index (χ4v) is 3.05. The van der Waals surface area contributed by atoms with Gasteiger partial charge in [-0.1, -0.05) is 12.1 Å². The maximum Gasteiger partial charge on any atom is 0.303 e. The average molecular weight is 301 g/mol.